The number of fused-ring (bicyclic) bond motifs is 1. The van der Waals surface area contributed by atoms with Crippen molar-refractivity contribution in [3.05, 3.63) is 71.4 Å². The summed E-state index contributed by atoms with van der Waals surface area (Å²) < 4.78 is 1.70. The predicted octanol–water partition coefficient (Wildman–Crippen LogP) is 2.54. The molecule has 0 aliphatic carbocycles. The van der Waals surface area contributed by atoms with Crippen LogP contribution in [0, 0.1) is 18.3 Å². The number of anilines is 1. The third-order valence-electron chi connectivity index (χ3n) is 4.10. The van der Waals surface area contributed by atoms with E-state index in [9.17, 15) is 0 Å². The molecule has 0 unspecified atom stereocenters. The van der Waals surface area contributed by atoms with Crippen LogP contribution in [0.25, 0.3) is 16.9 Å². The van der Waals surface area contributed by atoms with E-state index in [0.717, 1.165) is 17.0 Å². The highest BCUT2D eigenvalue weighted by atomic mass is 15.3. The highest BCUT2D eigenvalue weighted by Crippen LogP contribution is 2.25. The maximum atomic E-state index is 9.12. The van der Waals surface area contributed by atoms with Gasteiger partial charge in [0, 0.05) is 17.5 Å². The van der Waals surface area contributed by atoms with Crippen molar-refractivity contribution in [1.29, 1.82) is 5.26 Å². The van der Waals surface area contributed by atoms with Gasteiger partial charge in [0.15, 0.2) is 17.3 Å². The summed E-state index contributed by atoms with van der Waals surface area (Å²) in [6.45, 7) is 1.91. The fourth-order valence-corrected chi connectivity index (χ4v) is 2.86. The first kappa shape index (κ1) is 15.7. The van der Waals surface area contributed by atoms with Gasteiger partial charge in [-0.3, -0.25) is 4.98 Å². The SMILES string of the molecule is Cc1c(-c2cccc(C#N)c2)nc(N)c2nc(Cc3ccccn3)nn12. The summed E-state index contributed by atoms with van der Waals surface area (Å²) in [6.07, 6.45) is 2.26. The molecule has 0 fully saturated rings. The quantitative estimate of drug-likeness (QED) is 0.614. The molecule has 3 heterocycles. The molecule has 2 N–H and O–H groups in total. The number of aromatic nitrogens is 5. The van der Waals surface area contributed by atoms with Crippen LogP contribution in [0.2, 0.25) is 0 Å². The molecule has 0 bridgehead atoms. The number of hydrogen-bond acceptors (Lipinski definition) is 6. The number of nitrogens with zero attached hydrogens (tertiary/aromatic N) is 6. The third-order valence-corrected chi connectivity index (χ3v) is 4.10. The van der Waals surface area contributed by atoms with Crippen molar-refractivity contribution in [2.75, 3.05) is 5.73 Å². The van der Waals surface area contributed by atoms with Gasteiger partial charge < -0.3 is 5.73 Å². The molecule has 0 radical (unpaired) electrons. The summed E-state index contributed by atoms with van der Waals surface area (Å²) in [4.78, 5) is 13.3. The second-order valence-electron chi connectivity index (χ2n) is 5.88. The Morgan fingerprint density at radius 2 is 2.04 bits per heavy atom. The predicted molar refractivity (Wildman–Crippen MR) is 97.1 cm³/mol. The molecule has 0 saturated carbocycles. The minimum absolute atomic E-state index is 0.299. The Morgan fingerprint density at radius 3 is 2.81 bits per heavy atom. The van der Waals surface area contributed by atoms with Crippen LogP contribution in [0.4, 0.5) is 5.82 Å². The minimum Gasteiger partial charge on any atom is -0.381 e. The molecule has 0 saturated heterocycles. The molecule has 1 aromatic carbocycles. The molecule has 26 heavy (non-hydrogen) atoms. The Bertz CT molecular complexity index is 1140. The number of hydrogen-bond donors (Lipinski definition) is 1. The van der Waals surface area contributed by atoms with Crippen LogP contribution < -0.4 is 5.73 Å². The van der Waals surface area contributed by atoms with E-state index >= 15 is 0 Å². The van der Waals surface area contributed by atoms with Crippen LogP contribution >= 0.6 is 0 Å². The van der Waals surface area contributed by atoms with E-state index in [1.165, 1.54) is 0 Å². The standard InChI is InChI=1S/C19H15N7/c1-12-17(14-6-4-5-13(9-14)11-20)24-18(21)19-23-16(25-26(12)19)10-15-7-2-3-8-22-15/h2-9H,10H2,1H3,(H2,21,24). The lowest BCUT2D eigenvalue weighted by atomic mass is 10.1. The van der Waals surface area contributed by atoms with Crippen LogP contribution in [-0.4, -0.2) is 24.6 Å². The van der Waals surface area contributed by atoms with Gasteiger partial charge in [-0.25, -0.2) is 14.5 Å². The molecule has 126 valence electrons. The van der Waals surface area contributed by atoms with Crippen LogP contribution in [0.15, 0.2) is 48.7 Å². The highest BCUT2D eigenvalue weighted by Gasteiger charge is 2.16. The molecule has 4 aromatic rings. The molecule has 7 nitrogen and oxygen atoms in total. The molecular formula is C19H15N7. The van der Waals surface area contributed by atoms with E-state index in [0.29, 0.717) is 35.0 Å². The Labute approximate surface area is 149 Å². The van der Waals surface area contributed by atoms with Crippen molar-refractivity contribution in [2.45, 2.75) is 13.3 Å². The van der Waals surface area contributed by atoms with E-state index < -0.39 is 0 Å². The zero-order valence-electron chi connectivity index (χ0n) is 14.1. The number of nitrogens with two attached hydrogens (primary N) is 1. The van der Waals surface area contributed by atoms with E-state index in [2.05, 4.69) is 26.1 Å². The number of nitriles is 1. The van der Waals surface area contributed by atoms with Crippen LogP contribution in [0.1, 0.15) is 22.8 Å². The average molecular weight is 341 g/mol. The van der Waals surface area contributed by atoms with Crippen LogP contribution in [-0.2, 0) is 6.42 Å². The summed E-state index contributed by atoms with van der Waals surface area (Å²) in [5.41, 5.74) is 10.4. The summed E-state index contributed by atoms with van der Waals surface area (Å²) in [5.74, 6) is 0.927. The van der Waals surface area contributed by atoms with Gasteiger partial charge in [-0.05, 0) is 31.2 Å². The Kier molecular flexibility index (Phi) is 3.78. The van der Waals surface area contributed by atoms with Crippen molar-refractivity contribution in [2.24, 2.45) is 0 Å². The van der Waals surface area contributed by atoms with Crippen LogP contribution in [0.5, 0.6) is 0 Å². The lowest BCUT2D eigenvalue weighted by Gasteiger charge is -2.08. The van der Waals surface area contributed by atoms with Crippen molar-refractivity contribution in [3.63, 3.8) is 0 Å². The number of benzene rings is 1. The van der Waals surface area contributed by atoms with Gasteiger partial charge >= 0.3 is 0 Å². The maximum absolute atomic E-state index is 9.12. The molecule has 7 heteroatoms. The second-order valence-corrected chi connectivity index (χ2v) is 5.88. The molecule has 0 aliphatic heterocycles. The van der Waals surface area contributed by atoms with Crippen molar-refractivity contribution in [1.82, 2.24) is 24.6 Å². The lowest BCUT2D eigenvalue weighted by Crippen LogP contribution is -2.04. The first-order valence-electron chi connectivity index (χ1n) is 8.08. The zero-order valence-corrected chi connectivity index (χ0v) is 14.1. The number of nitrogen functional groups attached to an aromatic ring is 1. The van der Waals surface area contributed by atoms with E-state index in [-0.39, 0.29) is 0 Å². The fraction of sp³-hybridized carbons (Fsp3) is 0.105. The van der Waals surface area contributed by atoms with Gasteiger partial charge in [0.05, 0.1) is 29.4 Å². The van der Waals surface area contributed by atoms with Crippen molar-refractivity contribution >= 4 is 11.5 Å². The van der Waals surface area contributed by atoms with Gasteiger partial charge in [-0.15, -0.1) is 0 Å². The topological polar surface area (TPSA) is 106 Å². The summed E-state index contributed by atoms with van der Waals surface area (Å²) in [5, 5.41) is 13.7. The Balaban J connectivity index is 1.82. The molecular weight excluding hydrogens is 326 g/mol. The molecule has 0 aliphatic rings. The van der Waals surface area contributed by atoms with Gasteiger partial charge in [0.2, 0.25) is 0 Å². The zero-order chi connectivity index (χ0) is 18.1. The first-order chi connectivity index (χ1) is 12.7. The van der Waals surface area contributed by atoms with E-state index in [1.807, 2.05) is 37.3 Å². The number of pyridine rings is 1. The Hall–Kier alpha value is -3.79. The van der Waals surface area contributed by atoms with Crippen LogP contribution in [0.3, 0.4) is 0 Å². The smallest absolute Gasteiger partial charge is 0.198 e. The second kappa shape index (κ2) is 6.26. The molecule has 0 atom stereocenters. The summed E-state index contributed by atoms with van der Waals surface area (Å²) in [7, 11) is 0. The van der Waals surface area contributed by atoms with Gasteiger partial charge in [0.25, 0.3) is 0 Å². The Morgan fingerprint density at radius 1 is 1.15 bits per heavy atom. The monoisotopic (exact) mass is 341 g/mol. The minimum atomic E-state index is 0.299. The van der Waals surface area contributed by atoms with Crippen molar-refractivity contribution in [3.8, 4) is 17.3 Å². The highest BCUT2D eigenvalue weighted by molar-refractivity contribution is 5.70. The molecule has 0 amide bonds. The van der Waals surface area contributed by atoms with Gasteiger partial charge in [-0.1, -0.05) is 18.2 Å². The number of rotatable bonds is 3. The summed E-state index contributed by atoms with van der Waals surface area (Å²) >= 11 is 0. The average Bonchev–Trinajstić information content (AvgIpc) is 3.10. The third kappa shape index (κ3) is 2.74. The molecule has 3 aromatic heterocycles. The van der Waals surface area contributed by atoms with Gasteiger partial charge in [-0.2, -0.15) is 10.4 Å². The molecule has 0 spiro atoms. The normalized spacial score (nSPS) is 10.8. The first-order valence-corrected chi connectivity index (χ1v) is 8.08. The number of aryl methyl sites for hydroxylation is 1. The van der Waals surface area contributed by atoms with Gasteiger partial charge in [0.1, 0.15) is 0 Å². The lowest BCUT2D eigenvalue weighted by molar-refractivity contribution is 0.857. The maximum Gasteiger partial charge on any atom is 0.198 e. The summed E-state index contributed by atoms with van der Waals surface area (Å²) in [6, 6.07) is 15.1. The molecule has 4 rings (SSSR count). The van der Waals surface area contributed by atoms with E-state index in [4.69, 9.17) is 11.0 Å². The van der Waals surface area contributed by atoms with Crippen molar-refractivity contribution < 1.29 is 0 Å². The largest absolute Gasteiger partial charge is 0.381 e. The fourth-order valence-electron chi connectivity index (χ4n) is 2.86. The van der Waals surface area contributed by atoms with E-state index in [1.54, 1.807) is 22.8 Å².